The third-order valence-electron chi connectivity index (χ3n) is 6.22. The number of nitrogens with zero attached hydrogens (tertiary/aromatic N) is 3. The molecule has 3 aromatic carbocycles. The molecule has 0 saturated carbocycles. The molecule has 5 rings (SSSR count). The number of rotatable bonds is 6. The molecule has 1 amide bonds. The second kappa shape index (κ2) is 9.42. The molecule has 0 aliphatic carbocycles. The second-order valence-electron chi connectivity index (χ2n) is 8.44. The number of likely N-dealkylation sites (tertiary alicyclic amines) is 1. The van der Waals surface area contributed by atoms with E-state index in [9.17, 15) is 4.79 Å². The number of nitrogens with one attached hydrogen (secondary N) is 1. The van der Waals surface area contributed by atoms with Crippen molar-refractivity contribution in [3.8, 4) is 16.9 Å². The Bertz CT molecular complexity index is 1260. The molecule has 0 bridgehead atoms. The maximum Gasteiger partial charge on any atom is 0.227 e. The van der Waals surface area contributed by atoms with Crippen molar-refractivity contribution in [1.82, 2.24) is 15.2 Å². The number of hydrogen-bond donors (Lipinski definition) is 1. The number of benzene rings is 3. The summed E-state index contributed by atoms with van der Waals surface area (Å²) in [6, 6.07) is 21.9. The minimum atomic E-state index is 0.0175. The van der Waals surface area contributed by atoms with Crippen LogP contribution in [0.4, 0.5) is 5.69 Å². The van der Waals surface area contributed by atoms with E-state index in [0.29, 0.717) is 0 Å². The molecular weight excluding hydrogens is 416 g/mol. The highest BCUT2D eigenvalue weighted by Crippen LogP contribution is 2.27. The van der Waals surface area contributed by atoms with Gasteiger partial charge in [-0.3, -0.25) is 9.69 Å². The number of hydrogen-bond acceptors (Lipinski definition) is 6. The van der Waals surface area contributed by atoms with E-state index in [-0.39, 0.29) is 11.8 Å². The lowest BCUT2D eigenvalue weighted by atomic mass is 9.95. The van der Waals surface area contributed by atoms with Crippen LogP contribution in [0.1, 0.15) is 18.4 Å². The van der Waals surface area contributed by atoms with Gasteiger partial charge in [-0.15, -0.1) is 0 Å². The van der Waals surface area contributed by atoms with Gasteiger partial charge in [-0.2, -0.15) is 0 Å². The molecule has 1 aliphatic heterocycles. The van der Waals surface area contributed by atoms with E-state index >= 15 is 0 Å². The highest BCUT2D eigenvalue weighted by atomic mass is 16.6. The average Bonchev–Trinajstić information content (AvgIpc) is 3.33. The first kappa shape index (κ1) is 21.2. The molecule has 4 aromatic rings. The van der Waals surface area contributed by atoms with Gasteiger partial charge in [0, 0.05) is 18.2 Å². The summed E-state index contributed by atoms with van der Waals surface area (Å²) < 4.78 is 10.1. The molecule has 1 fully saturated rings. The van der Waals surface area contributed by atoms with Gasteiger partial charge >= 0.3 is 0 Å². The molecule has 2 heterocycles. The Balaban J connectivity index is 1.17. The van der Waals surface area contributed by atoms with Crippen LogP contribution in [0.25, 0.3) is 22.2 Å². The summed E-state index contributed by atoms with van der Waals surface area (Å²) in [6.07, 6.45) is 1.68. The first-order valence-corrected chi connectivity index (χ1v) is 11.2. The first-order valence-electron chi connectivity index (χ1n) is 11.2. The summed E-state index contributed by atoms with van der Waals surface area (Å²) >= 11 is 0. The van der Waals surface area contributed by atoms with Crippen molar-refractivity contribution in [2.45, 2.75) is 19.4 Å². The van der Waals surface area contributed by atoms with Crippen LogP contribution in [-0.4, -0.2) is 41.3 Å². The predicted octanol–water partition coefficient (Wildman–Crippen LogP) is 4.75. The molecule has 1 aliphatic rings. The zero-order chi connectivity index (χ0) is 22.6. The number of fused-ring (bicyclic) bond motifs is 1. The summed E-state index contributed by atoms with van der Waals surface area (Å²) in [7, 11) is 1.66. The summed E-state index contributed by atoms with van der Waals surface area (Å²) in [5.41, 5.74) is 5.63. The van der Waals surface area contributed by atoms with Crippen LogP contribution in [0.2, 0.25) is 0 Å². The Hall–Kier alpha value is -3.71. The van der Waals surface area contributed by atoms with Gasteiger partial charge in [0.05, 0.1) is 7.11 Å². The Morgan fingerprint density at radius 2 is 1.76 bits per heavy atom. The lowest BCUT2D eigenvalue weighted by Gasteiger charge is -2.31. The van der Waals surface area contributed by atoms with Gasteiger partial charge in [-0.05, 0) is 89.3 Å². The molecule has 1 aromatic heterocycles. The number of carbonyl (C=O) groups is 1. The summed E-state index contributed by atoms with van der Waals surface area (Å²) in [4.78, 5) is 15.3. The molecular formula is C26H26N4O3. The quantitative estimate of drug-likeness (QED) is 0.464. The highest BCUT2D eigenvalue weighted by Gasteiger charge is 2.25. The van der Waals surface area contributed by atoms with Crippen LogP contribution < -0.4 is 10.1 Å². The topological polar surface area (TPSA) is 80.5 Å². The van der Waals surface area contributed by atoms with Crippen molar-refractivity contribution in [3.63, 3.8) is 0 Å². The van der Waals surface area contributed by atoms with Crippen molar-refractivity contribution in [3.05, 3.63) is 72.3 Å². The maximum atomic E-state index is 12.9. The molecule has 0 spiro atoms. The minimum Gasteiger partial charge on any atom is -0.497 e. The molecule has 33 heavy (non-hydrogen) atoms. The van der Waals surface area contributed by atoms with E-state index in [1.54, 1.807) is 7.11 Å². The van der Waals surface area contributed by atoms with Crippen LogP contribution in [0.3, 0.4) is 0 Å². The summed E-state index contributed by atoms with van der Waals surface area (Å²) in [6.45, 7) is 2.60. The van der Waals surface area contributed by atoms with E-state index in [1.807, 2.05) is 60.7 Å². The fourth-order valence-electron chi connectivity index (χ4n) is 4.36. The molecule has 0 atom stereocenters. The fourth-order valence-corrected chi connectivity index (χ4v) is 4.36. The molecule has 0 radical (unpaired) electrons. The number of piperidine rings is 1. The van der Waals surface area contributed by atoms with Gasteiger partial charge in [0.15, 0.2) is 0 Å². The van der Waals surface area contributed by atoms with Gasteiger partial charge in [-0.25, -0.2) is 4.63 Å². The Morgan fingerprint density at radius 3 is 2.58 bits per heavy atom. The van der Waals surface area contributed by atoms with E-state index < -0.39 is 0 Å². The van der Waals surface area contributed by atoms with Crippen molar-refractivity contribution >= 4 is 22.6 Å². The number of aromatic nitrogens is 2. The SMILES string of the molecule is COc1cccc(-c2cccc(NC(=O)C3CCN(Cc4ccc5nonc5c4)CC3)c2)c1. The number of methoxy groups -OCH3 is 1. The first-order chi connectivity index (χ1) is 16.2. The monoisotopic (exact) mass is 442 g/mol. The number of ether oxygens (including phenoxy) is 1. The van der Waals surface area contributed by atoms with Crippen LogP contribution in [0.5, 0.6) is 5.75 Å². The number of anilines is 1. The smallest absolute Gasteiger partial charge is 0.227 e. The third-order valence-corrected chi connectivity index (χ3v) is 6.22. The Labute approximate surface area is 192 Å². The molecule has 1 N–H and O–H groups in total. The van der Waals surface area contributed by atoms with E-state index in [0.717, 1.165) is 66.1 Å². The van der Waals surface area contributed by atoms with Crippen molar-refractivity contribution in [2.75, 3.05) is 25.5 Å². The molecule has 7 heteroatoms. The number of carbonyl (C=O) groups excluding carboxylic acids is 1. The van der Waals surface area contributed by atoms with Crippen LogP contribution in [0.15, 0.2) is 71.4 Å². The van der Waals surface area contributed by atoms with E-state index in [2.05, 4.69) is 26.6 Å². The van der Waals surface area contributed by atoms with Crippen molar-refractivity contribution < 1.29 is 14.2 Å². The largest absolute Gasteiger partial charge is 0.497 e. The molecule has 1 saturated heterocycles. The zero-order valence-electron chi connectivity index (χ0n) is 18.5. The zero-order valence-corrected chi connectivity index (χ0v) is 18.5. The van der Waals surface area contributed by atoms with Gasteiger partial charge in [-0.1, -0.05) is 30.3 Å². The predicted molar refractivity (Wildman–Crippen MR) is 127 cm³/mol. The third kappa shape index (κ3) is 4.88. The second-order valence-corrected chi connectivity index (χ2v) is 8.44. The summed E-state index contributed by atoms with van der Waals surface area (Å²) in [5.74, 6) is 0.919. The van der Waals surface area contributed by atoms with Crippen LogP contribution in [-0.2, 0) is 11.3 Å². The lowest BCUT2D eigenvalue weighted by Crippen LogP contribution is -2.37. The normalized spacial score (nSPS) is 14.9. The maximum absolute atomic E-state index is 12.9. The Kier molecular flexibility index (Phi) is 6.04. The average molecular weight is 443 g/mol. The van der Waals surface area contributed by atoms with Crippen LogP contribution in [0, 0.1) is 5.92 Å². The van der Waals surface area contributed by atoms with Crippen molar-refractivity contribution in [2.24, 2.45) is 5.92 Å². The standard InChI is InChI=1S/C26H26N4O3/c1-32-23-7-3-5-21(16-23)20-4-2-6-22(15-20)27-26(31)19-10-12-30(13-11-19)17-18-8-9-24-25(14-18)29-33-28-24/h2-9,14-16,19H,10-13,17H2,1H3,(H,27,31). The van der Waals surface area contributed by atoms with E-state index in [4.69, 9.17) is 9.37 Å². The minimum absolute atomic E-state index is 0.0175. The molecule has 0 unspecified atom stereocenters. The van der Waals surface area contributed by atoms with Gasteiger partial charge in [0.1, 0.15) is 16.8 Å². The highest BCUT2D eigenvalue weighted by molar-refractivity contribution is 5.93. The van der Waals surface area contributed by atoms with E-state index in [1.165, 1.54) is 5.56 Å². The molecule has 168 valence electrons. The number of amides is 1. The van der Waals surface area contributed by atoms with Gasteiger partial charge in [0.2, 0.25) is 5.91 Å². The van der Waals surface area contributed by atoms with Crippen LogP contribution >= 0.6 is 0 Å². The lowest BCUT2D eigenvalue weighted by molar-refractivity contribution is -0.121. The fraction of sp³-hybridized carbons (Fsp3) is 0.269. The van der Waals surface area contributed by atoms with Gasteiger partial charge in [0.25, 0.3) is 0 Å². The summed E-state index contributed by atoms with van der Waals surface area (Å²) in [5, 5.41) is 10.9. The van der Waals surface area contributed by atoms with Gasteiger partial charge < -0.3 is 10.1 Å². The van der Waals surface area contributed by atoms with Crippen molar-refractivity contribution in [1.29, 1.82) is 0 Å². The Morgan fingerprint density at radius 1 is 1.00 bits per heavy atom. The molecule has 7 nitrogen and oxygen atoms in total.